The van der Waals surface area contributed by atoms with E-state index < -0.39 is 11.5 Å². The maximum absolute atomic E-state index is 11.4. The molecular weight excluding hydrogens is 481 g/mol. The van der Waals surface area contributed by atoms with E-state index in [1.807, 2.05) is 24.3 Å². The molecule has 0 spiro atoms. The zero-order valence-corrected chi connectivity index (χ0v) is 19.2. The van der Waals surface area contributed by atoms with E-state index in [0.29, 0.717) is 33.7 Å². The molecule has 0 bridgehead atoms. The Morgan fingerprint density at radius 3 is 2.76 bits per heavy atom. The predicted octanol–water partition coefficient (Wildman–Crippen LogP) is 3.68. The average Bonchev–Trinajstić information content (AvgIpc) is 3.49. The summed E-state index contributed by atoms with van der Waals surface area (Å²) in [4.78, 5) is 21.8. The summed E-state index contributed by atoms with van der Waals surface area (Å²) in [5.41, 5.74) is 1.77. The molecule has 1 saturated heterocycles. The summed E-state index contributed by atoms with van der Waals surface area (Å²) in [6.07, 6.45) is 4.14. The summed E-state index contributed by atoms with van der Waals surface area (Å²) in [6.45, 7) is 0.809. The van der Waals surface area contributed by atoms with Crippen LogP contribution in [-0.2, 0) is 21.8 Å². The molecule has 0 radical (unpaired) electrons. The number of halogens is 2. The van der Waals surface area contributed by atoms with Crippen molar-refractivity contribution in [2.24, 2.45) is 0 Å². The number of aromatic nitrogens is 5. The summed E-state index contributed by atoms with van der Waals surface area (Å²) in [6, 6.07) is 14.3. The number of ether oxygens (including phenoxy) is 3. The average molecular weight is 500 g/mol. The normalized spacial score (nSPS) is 19.9. The van der Waals surface area contributed by atoms with Crippen molar-refractivity contribution in [3.05, 3.63) is 93.5 Å². The standard InChI is InChI=1S/C23H19Cl2N5O4/c24-16-3-6-19(20(25)9-16)23(12-30-14-26-13-28-30)33-11-18(34-23)10-32-17-4-1-15(2-5-17)21-7-8-27-22(31)29-21/h1-9,13-14,18H,10-12H2,(H,27,29,31). The van der Waals surface area contributed by atoms with Crippen molar-refractivity contribution in [2.75, 3.05) is 13.2 Å². The molecule has 1 fully saturated rings. The lowest BCUT2D eigenvalue weighted by atomic mass is 10.1. The van der Waals surface area contributed by atoms with Crippen molar-refractivity contribution in [2.45, 2.75) is 18.4 Å². The highest BCUT2D eigenvalue weighted by atomic mass is 35.5. The minimum Gasteiger partial charge on any atom is -0.491 e. The molecule has 2 aromatic carbocycles. The topological polar surface area (TPSA) is 104 Å². The van der Waals surface area contributed by atoms with Gasteiger partial charge in [-0.05, 0) is 48.0 Å². The molecule has 1 aliphatic heterocycles. The fourth-order valence-corrected chi connectivity index (χ4v) is 4.29. The first-order chi connectivity index (χ1) is 16.5. The molecule has 2 unspecified atom stereocenters. The maximum Gasteiger partial charge on any atom is 0.345 e. The van der Waals surface area contributed by atoms with Gasteiger partial charge in [-0.3, -0.25) is 0 Å². The number of aromatic amines is 1. The maximum atomic E-state index is 11.4. The van der Waals surface area contributed by atoms with Gasteiger partial charge in [0, 0.05) is 16.8 Å². The molecule has 34 heavy (non-hydrogen) atoms. The number of rotatable bonds is 7. The SMILES string of the molecule is O=c1nccc(-c2ccc(OCC3COC(Cn4cncn4)(c4ccc(Cl)cc4Cl)O3)cc2)[nH]1. The summed E-state index contributed by atoms with van der Waals surface area (Å²) in [7, 11) is 0. The molecule has 5 rings (SSSR count). The molecule has 0 aliphatic carbocycles. The van der Waals surface area contributed by atoms with Crippen LogP contribution in [0.4, 0.5) is 0 Å². The number of hydrogen-bond donors (Lipinski definition) is 1. The van der Waals surface area contributed by atoms with Crippen LogP contribution >= 0.6 is 23.2 Å². The molecule has 0 saturated carbocycles. The van der Waals surface area contributed by atoms with Crippen LogP contribution in [0.1, 0.15) is 5.56 Å². The minimum absolute atomic E-state index is 0.254. The summed E-state index contributed by atoms with van der Waals surface area (Å²) < 4.78 is 20.1. The quantitative estimate of drug-likeness (QED) is 0.413. The molecule has 174 valence electrons. The fourth-order valence-electron chi connectivity index (χ4n) is 3.74. The van der Waals surface area contributed by atoms with E-state index in [0.717, 1.165) is 5.56 Å². The van der Waals surface area contributed by atoms with Crippen molar-refractivity contribution >= 4 is 23.2 Å². The van der Waals surface area contributed by atoms with E-state index in [-0.39, 0.29) is 19.3 Å². The molecule has 3 heterocycles. The van der Waals surface area contributed by atoms with Crippen molar-refractivity contribution in [1.29, 1.82) is 0 Å². The first-order valence-corrected chi connectivity index (χ1v) is 11.1. The van der Waals surface area contributed by atoms with Gasteiger partial charge in [-0.15, -0.1) is 0 Å². The van der Waals surface area contributed by atoms with Crippen LogP contribution in [0.15, 0.2) is 72.2 Å². The van der Waals surface area contributed by atoms with Crippen molar-refractivity contribution in [3.63, 3.8) is 0 Å². The van der Waals surface area contributed by atoms with Gasteiger partial charge in [-0.2, -0.15) is 5.10 Å². The Labute approximate surface area is 204 Å². The zero-order chi connectivity index (χ0) is 23.5. The Morgan fingerprint density at radius 1 is 1.18 bits per heavy atom. The van der Waals surface area contributed by atoms with Gasteiger partial charge in [0.05, 0.1) is 17.3 Å². The molecule has 2 aromatic heterocycles. The Morgan fingerprint density at radius 2 is 2.03 bits per heavy atom. The Balaban J connectivity index is 1.29. The van der Waals surface area contributed by atoms with E-state index >= 15 is 0 Å². The van der Waals surface area contributed by atoms with Gasteiger partial charge in [-0.25, -0.2) is 19.4 Å². The number of nitrogens with zero attached hydrogens (tertiary/aromatic N) is 4. The summed E-state index contributed by atoms with van der Waals surface area (Å²) in [5.74, 6) is -0.512. The van der Waals surface area contributed by atoms with Gasteiger partial charge in [0.25, 0.3) is 0 Å². The van der Waals surface area contributed by atoms with Crippen molar-refractivity contribution in [1.82, 2.24) is 24.7 Å². The van der Waals surface area contributed by atoms with Gasteiger partial charge in [0.2, 0.25) is 5.79 Å². The Kier molecular flexibility index (Phi) is 6.34. The highest BCUT2D eigenvalue weighted by Crippen LogP contribution is 2.40. The van der Waals surface area contributed by atoms with Crippen LogP contribution in [0.2, 0.25) is 10.0 Å². The van der Waals surface area contributed by atoms with Crippen molar-refractivity contribution in [3.8, 4) is 17.0 Å². The first kappa shape index (κ1) is 22.5. The molecule has 1 aliphatic rings. The number of H-pyrrole nitrogens is 1. The van der Waals surface area contributed by atoms with Gasteiger partial charge in [0.15, 0.2) is 0 Å². The monoisotopic (exact) mass is 499 g/mol. The van der Waals surface area contributed by atoms with Gasteiger partial charge < -0.3 is 19.2 Å². The number of benzene rings is 2. The van der Waals surface area contributed by atoms with E-state index in [9.17, 15) is 4.79 Å². The molecule has 1 N–H and O–H groups in total. The third-order valence-corrected chi connectivity index (χ3v) is 5.86. The fraction of sp³-hybridized carbons (Fsp3) is 0.217. The lowest BCUT2D eigenvalue weighted by molar-refractivity contribution is -0.190. The van der Waals surface area contributed by atoms with E-state index in [1.165, 1.54) is 12.5 Å². The molecule has 11 heteroatoms. The largest absolute Gasteiger partial charge is 0.491 e. The van der Waals surface area contributed by atoms with Gasteiger partial charge in [-0.1, -0.05) is 29.3 Å². The highest BCUT2D eigenvalue weighted by molar-refractivity contribution is 6.35. The number of hydrogen-bond acceptors (Lipinski definition) is 7. The number of nitrogens with one attached hydrogen (secondary N) is 1. The Bertz CT molecular complexity index is 1330. The van der Waals surface area contributed by atoms with E-state index in [4.69, 9.17) is 37.4 Å². The molecular formula is C23H19Cl2N5O4. The molecule has 2 atom stereocenters. The molecule has 9 nitrogen and oxygen atoms in total. The third-order valence-electron chi connectivity index (χ3n) is 5.31. The van der Waals surface area contributed by atoms with Crippen LogP contribution in [0.3, 0.4) is 0 Å². The lowest BCUT2D eigenvalue weighted by Gasteiger charge is -2.29. The molecule has 4 aromatic rings. The second-order valence-corrected chi connectivity index (χ2v) is 8.49. The second kappa shape index (κ2) is 9.55. The van der Waals surface area contributed by atoms with E-state index in [1.54, 1.807) is 35.3 Å². The van der Waals surface area contributed by atoms with Gasteiger partial charge in [0.1, 0.15) is 37.7 Å². The van der Waals surface area contributed by atoms with Crippen LogP contribution in [0.5, 0.6) is 5.75 Å². The van der Waals surface area contributed by atoms with Crippen LogP contribution in [0.25, 0.3) is 11.3 Å². The van der Waals surface area contributed by atoms with Gasteiger partial charge >= 0.3 is 5.69 Å². The minimum atomic E-state index is -1.17. The molecule has 0 amide bonds. The zero-order valence-electron chi connectivity index (χ0n) is 17.7. The van der Waals surface area contributed by atoms with E-state index in [2.05, 4.69) is 20.1 Å². The lowest BCUT2D eigenvalue weighted by Crippen LogP contribution is -2.35. The second-order valence-electron chi connectivity index (χ2n) is 7.65. The first-order valence-electron chi connectivity index (χ1n) is 10.4. The summed E-state index contributed by atoms with van der Waals surface area (Å²) >= 11 is 12.6. The summed E-state index contributed by atoms with van der Waals surface area (Å²) in [5, 5.41) is 5.12. The highest BCUT2D eigenvalue weighted by Gasteiger charge is 2.45. The van der Waals surface area contributed by atoms with Crippen LogP contribution in [-0.4, -0.2) is 44.1 Å². The smallest absolute Gasteiger partial charge is 0.345 e. The third kappa shape index (κ3) is 4.83. The Hall–Kier alpha value is -3.24. The van der Waals surface area contributed by atoms with Crippen LogP contribution < -0.4 is 10.4 Å². The predicted molar refractivity (Wildman–Crippen MR) is 125 cm³/mol. The van der Waals surface area contributed by atoms with Crippen LogP contribution in [0, 0.1) is 0 Å². The van der Waals surface area contributed by atoms with Crippen molar-refractivity contribution < 1.29 is 14.2 Å².